The number of nitrogens with one attached hydrogen (secondary N) is 4. The predicted molar refractivity (Wildman–Crippen MR) is 170 cm³/mol. The molecule has 11 nitrogen and oxygen atoms in total. The van der Waals surface area contributed by atoms with E-state index in [0.29, 0.717) is 39.5 Å². The number of nitrogens with zero attached hydrogens (tertiary/aromatic N) is 4. The topological polar surface area (TPSA) is 158 Å². The molecule has 1 saturated carbocycles. The Hall–Kier alpha value is -5.01. The summed E-state index contributed by atoms with van der Waals surface area (Å²) in [5.74, 6) is -0.407. The summed E-state index contributed by atoms with van der Waals surface area (Å²) < 4.78 is 40.2. The molecule has 1 fully saturated rings. The molecule has 7 rings (SSSR count). The van der Waals surface area contributed by atoms with Crippen molar-refractivity contribution in [1.82, 2.24) is 34.9 Å². The lowest BCUT2D eigenvalue weighted by atomic mass is 10.0. The van der Waals surface area contributed by atoms with Gasteiger partial charge in [-0.2, -0.15) is 5.10 Å². The highest BCUT2D eigenvalue weighted by molar-refractivity contribution is 7.88. The van der Waals surface area contributed by atoms with E-state index >= 15 is 0 Å². The highest BCUT2D eigenvalue weighted by Crippen LogP contribution is 2.35. The van der Waals surface area contributed by atoms with Crippen LogP contribution in [0.2, 0.25) is 0 Å². The van der Waals surface area contributed by atoms with Crippen LogP contribution in [0.4, 0.5) is 10.1 Å². The molecular weight excluding hydrogens is 595 g/mol. The predicted octanol–water partition coefficient (Wildman–Crippen LogP) is 5.55. The van der Waals surface area contributed by atoms with Gasteiger partial charge in [0, 0.05) is 41.2 Å². The van der Waals surface area contributed by atoms with Gasteiger partial charge in [0.15, 0.2) is 0 Å². The first-order chi connectivity index (χ1) is 21.7. The van der Waals surface area contributed by atoms with E-state index in [1.165, 1.54) is 12.1 Å². The Morgan fingerprint density at radius 2 is 1.84 bits per heavy atom. The highest BCUT2D eigenvalue weighted by atomic mass is 32.2. The van der Waals surface area contributed by atoms with Crippen LogP contribution < -0.4 is 10.0 Å². The van der Waals surface area contributed by atoms with Gasteiger partial charge in [0.05, 0.1) is 41.2 Å². The standard InChI is InChI=1S/C32H29FN8O3S/c1-45(43,44)37-14-18-8-20(10-22(33)9-18)24-6-7-35-31-25(24)12-28(39-31)30-26-13-27(36-17-29(26)40-41-30)21-11-23(16-34-15-21)38-32(42)19-4-2-3-5-19/h6-13,15-17,19,37H,2-5,14H2,1H3,(H,35,39)(H,38,42)(H,40,41). The molecule has 5 heterocycles. The summed E-state index contributed by atoms with van der Waals surface area (Å²) in [6.07, 6.45) is 11.7. The second kappa shape index (κ2) is 11.5. The van der Waals surface area contributed by atoms with Gasteiger partial charge in [0.1, 0.15) is 17.2 Å². The van der Waals surface area contributed by atoms with Crippen LogP contribution >= 0.6 is 0 Å². The van der Waals surface area contributed by atoms with E-state index in [2.05, 4.69) is 40.2 Å². The molecule has 6 aromatic rings. The van der Waals surface area contributed by atoms with Crippen LogP contribution in [-0.4, -0.2) is 50.7 Å². The van der Waals surface area contributed by atoms with Crippen LogP contribution in [0.1, 0.15) is 31.2 Å². The number of carbonyl (C=O) groups excluding carboxylic acids is 1. The van der Waals surface area contributed by atoms with Crippen molar-refractivity contribution in [3.05, 3.63) is 78.6 Å². The number of carbonyl (C=O) groups is 1. The molecule has 1 amide bonds. The lowest BCUT2D eigenvalue weighted by Gasteiger charge is -2.11. The number of hydrogen-bond donors (Lipinski definition) is 4. The zero-order chi connectivity index (χ0) is 31.1. The minimum atomic E-state index is -3.44. The Morgan fingerprint density at radius 3 is 2.67 bits per heavy atom. The minimum absolute atomic E-state index is 0.0267. The van der Waals surface area contributed by atoms with Crippen LogP contribution in [0, 0.1) is 11.7 Å². The van der Waals surface area contributed by atoms with Gasteiger partial charge in [-0.3, -0.25) is 19.9 Å². The molecule has 0 radical (unpaired) electrons. The Labute approximate surface area is 257 Å². The number of H-pyrrole nitrogens is 2. The summed E-state index contributed by atoms with van der Waals surface area (Å²) >= 11 is 0. The molecule has 228 valence electrons. The number of aromatic nitrogens is 6. The summed E-state index contributed by atoms with van der Waals surface area (Å²) in [7, 11) is -3.44. The van der Waals surface area contributed by atoms with E-state index in [1.807, 2.05) is 18.2 Å². The van der Waals surface area contributed by atoms with Crippen molar-refractivity contribution in [1.29, 1.82) is 0 Å². The van der Waals surface area contributed by atoms with Gasteiger partial charge < -0.3 is 10.3 Å². The second-order valence-electron chi connectivity index (χ2n) is 11.4. The van der Waals surface area contributed by atoms with Crippen LogP contribution in [0.25, 0.3) is 55.7 Å². The maximum absolute atomic E-state index is 14.6. The van der Waals surface area contributed by atoms with E-state index < -0.39 is 15.8 Å². The third kappa shape index (κ3) is 6.04. The molecule has 1 aromatic carbocycles. The van der Waals surface area contributed by atoms with Gasteiger partial charge in [-0.1, -0.05) is 12.8 Å². The van der Waals surface area contributed by atoms with Crippen LogP contribution in [0.3, 0.4) is 0 Å². The van der Waals surface area contributed by atoms with Crippen molar-refractivity contribution < 1.29 is 17.6 Å². The number of fused-ring (bicyclic) bond motifs is 2. The lowest BCUT2D eigenvalue weighted by Crippen LogP contribution is -2.21. The van der Waals surface area contributed by atoms with Gasteiger partial charge in [-0.05, 0) is 72.0 Å². The second-order valence-corrected chi connectivity index (χ2v) is 13.2. The first kappa shape index (κ1) is 28.7. The fourth-order valence-electron chi connectivity index (χ4n) is 5.89. The summed E-state index contributed by atoms with van der Waals surface area (Å²) in [4.78, 5) is 29.4. The fourth-order valence-corrected chi connectivity index (χ4v) is 6.32. The Kier molecular flexibility index (Phi) is 7.34. The van der Waals surface area contributed by atoms with Gasteiger partial charge >= 0.3 is 0 Å². The quantitative estimate of drug-likeness (QED) is 0.173. The fraction of sp³-hybridized carbons (Fsp3) is 0.219. The largest absolute Gasteiger partial charge is 0.338 e. The average Bonchev–Trinajstić information content (AvgIpc) is 3.79. The molecular formula is C32H29FN8O3S. The monoisotopic (exact) mass is 624 g/mol. The van der Waals surface area contributed by atoms with E-state index in [9.17, 15) is 17.6 Å². The Bertz CT molecular complexity index is 2190. The van der Waals surface area contributed by atoms with Gasteiger partial charge in [-0.15, -0.1) is 0 Å². The maximum atomic E-state index is 14.6. The molecule has 45 heavy (non-hydrogen) atoms. The van der Waals surface area contributed by atoms with E-state index in [0.717, 1.165) is 59.4 Å². The Balaban J connectivity index is 1.22. The number of benzene rings is 1. The first-order valence-corrected chi connectivity index (χ1v) is 16.4. The summed E-state index contributed by atoms with van der Waals surface area (Å²) in [6.45, 7) is -0.0306. The molecule has 1 aliphatic carbocycles. The first-order valence-electron chi connectivity index (χ1n) is 14.5. The number of rotatable bonds is 8. The van der Waals surface area contributed by atoms with Crippen molar-refractivity contribution >= 4 is 43.6 Å². The van der Waals surface area contributed by atoms with Crippen molar-refractivity contribution in [3.63, 3.8) is 0 Å². The molecule has 5 aromatic heterocycles. The SMILES string of the molecule is CS(=O)(=O)NCc1cc(F)cc(-c2ccnc3[nH]c(-c4n[nH]c5cnc(-c6cncc(NC(=O)C7CCCC7)c6)cc45)cc23)c1. The highest BCUT2D eigenvalue weighted by Gasteiger charge is 2.23. The number of halogens is 1. The smallest absolute Gasteiger partial charge is 0.227 e. The normalized spacial score (nSPS) is 14.0. The average molecular weight is 625 g/mol. The van der Waals surface area contributed by atoms with Gasteiger partial charge in [0.25, 0.3) is 0 Å². The molecule has 0 spiro atoms. The van der Waals surface area contributed by atoms with Crippen molar-refractivity contribution in [2.45, 2.75) is 32.2 Å². The van der Waals surface area contributed by atoms with E-state index in [1.54, 1.807) is 36.9 Å². The zero-order valence-electron chi connectivity index (χ0n) is 24.3. The summed E-state index contributed by atoms with van der Waals surface area (Å²) in [6, 6.07) is 12.0. The zero-order valence-corrected chi connectivity index (χ0v) is 25.1. The van der Waals surface area contributed by atoms with Gasteiger partial charge in [0.2, 0.25) is 15.9 Å². The van der Waals surface area contributed by atoms with Crippen molar-refractivity contribution in [2.75, 3.05) is 11.6 Å². The molecule has 1 aliphatic rings. The van der Waals surface area contributed by atoms with Crippen LogP contribution in [0.5, 0.6) is 0 Å². The lowest BCUT2D eigenvalue weighted by molar-refractivity contribution is -0.119. The van der Waals surface area contributed by atoms with Crippen LogP contribution in [0.15, 0.2) is 67.3 Å². The van der Waals surface area contributed by atoms with Crippen LogP contribution in [-0.2, 0) is 21.4 Å². The molecule has 0 saturated heterocycles. The number of hydrogen-bond acceptors (Lipinski definition) is 7. The third-order valence-electron chi connectivity index (χ3n) is 8.07. The third-order valence-corrected chi connectivity index (χ3v) is 8.74. The molecule has 13 heteroatoms. The van der Waals surface area contributed by atoms with Gasteiger partial charge in [-0.25, -0.2) is 22.5 Å². The molecule has 0 bridgehead atoms. The minimum Gasteiger partial charge on any atom is -0.338 e. The number of amides is 1. The molecule has 0 aliphatic heterocycles. The number of anilines is 1. The molecule has 0 atom stereocenters. The maximum Gasteiger partial charge on any atom is 0.227 e. The van der Waals surface area contributed by atoms with Crippen molar-refractivity contribution in [2.24, 2.45) is 5.92 Å². The molecule has 4 N–H and O–H groups in total. The number of sulfonamides is 1. The number of pyridine rings is 3. The Morgan fingerprint density at radius 1 is 1.00 bits per heavy atom. The molecule has 0 unspecified atom stereocenters. The summed E-state index contributed by atoms with van der Waals surface area (Å²) in [5, 5.41) is 12.2. The number of aromatic amines is 2. The van der Waals surface area contributed by atoms with Crippen molar-refractivity contribution in [3.8, 4) is 33.8 Å². The summed E-state index contributed by atoms with van der Waals surface area (Å²) in [5.41, 5.74) is 6.51. The van der Waals surface area contributed by atoms with E-state index in [4.69, 9.17) is 0 Å². The van der Waals surface area contributed by atoms with E-state index in [-0.39, 0.29) is 18.4 Å².